The molecule has 0 aromatic carbocycles. The molecule has 1 rings (SSSR count). The number of carbonyl (C=O) groups is 1. The van der Waals surface area contributed by atoms with Gasteiger partial charge in [0.25, 0.3) is 0 Å². The molecule has 1 aliphatic heterocycles. The average Bonchev–Trinajstić information content (AvgIpc) is 2.40. The molecule has 1 saturated heterocycles. The summed E-state index contributed by atoms with van der Waals surface area (Å²) in [5.41, 5.74) is 0. The number of rotatable bonds is 9. The summed E-state index contributed by atoms with van der Waals surface area (Å²) < 4.78 is 5.23. The molecule has 5 heteroatoms. The van der Waals surface area contributed by atoms with Crippen molar-refractivity contribution in [2.24, 2.45) is 5.92 Å². The molecule has 0 aromatic heterocycles. The highest BCUT2D eigenvalue weighted by Crippen LogP contribution is 2.12. The summed E-state index contributed by atoms with van der Waals surface area (Å²) in [6.45, 7) is 7.82. The molecular formula is C14H27ClN2O2. The fourth-order valence-electron chi connectivity index (χ4n) is 2.18. The van der Waals surface area contributed by atoms with Crippen molar-refractivity contribution in [1.82, 2.24) is 10.6 Å². The van der Waals surface area contributed by atoms with Crippen LogP contribution in [-0.4, -0.2) is 38.8 Å². The molecule has 0 radical (unpaired) electrons. The van der Waals surface area contributed by atoms with Gasteiger partial charge in [-0.3, -0.25) is 4.79 Å². The number of halogens is 1. The summed E-state index contributed by atoms with van der Waals surface area (Å²) in [5, 5.41) is 6.37. The molecule has 2 N–H and O–H groups in total. The highest BCUT2D eigenvalue weighted by Gasteiger charge is 2.12. The zero-order chi connectivity index (χ0) is 13.1. The maximum Gasteiger partial charge on any atom is 0.220 e. The Morgan fingerprint density at radius 2 is 2.37 bits per heavy atom. The smallest absolute Gasteiger partial charge is 0.220 e. The van der Waals surface area contributed by atoms with Crippen LogP contribution in [0.2, 0.25) is 0 Å². The number of hydrogen-bond acceptors (Lipinski definition) is 3. The molecule has 1 aliphatic rings. The van der Waals surface area contributed by atoms with E-state index in [9.17, 15) is 4.79 Å². The molecule has 112 valence electrons. The van der Waals surface area contributed by atoms with Crippen molar-refractivity contribution in [3.63, 3.8) is 0 Å². The minimum atomic E-state index is 0. The second-order valence-electron chi connectivity index (χ2n) is 4.82. The minimum Gasteiger partial charge on any atom is -0.377 e. The van der Waals surface area contributed by atoms with E-state index in [1.54, 1.807) is 6.08 Å². The van der Waals surface area contributed by atoms with Crippen LogP contribution in [0.15, 0.2) is 12.7 Å². The van der Waals surface area contributed by atoms with Crippen molar-refractivity contribution in [3.8, 4) is 0 Å². The van der Waals surface area contributed by atoms with E-state index in [2.05, 4.69) is 17.2 Å². The van der Waals surface area contributed by atoms with Gasteiger partial charge in [0.2, 0.25) is 5.91 Å². The van der Waals surface area contributed by atoms with Crippen molar-refractivity contribution in [1.29, 1.82) is 0 Å². The lowest BCUT2D eigenvalue weighted by Gasteiger charge is -2.22. The third-order valence-electron chi connectivity index (χ3n) is 3.20. The lowest BCUT2D eigenvalue weighted by atomic mass is 9.96. The summed E-state index contributed by atoms with van der Waals surface area (Å²) in [5.74, 6) is 0.871. The van der Waals surface area contributed by atoms with Gasteiger partial charge >= 0.3 is 0 Å². The maximum absolute atomic E-state index is 11.5. The van der Waals surface area contributed by atoms with Crippen molar-refractivity contribution in [2.45, 2.75) is 32.1 Å². The Morgan fingerprint density at radius 1 is 1.53 bits per heavy atom. The van der Waals surface area contributed by atoms with Crippen LogP contribution in [0.5, 0.6) is 0 Å². The first-order valence-corrected chi connectivity index (χ1v) is 6.99. The fraction of sp³-hybridized carbons (Fsp3) is 0.786. The first kappa shape index (κ1) is 18.4. The van der Waals surface area contributed by atoms with Crippen molar-refractivity contribution in [3.05, 3.63) is 12.7 Å². The Balaban J connectivity index is 0.00000324. The lowest BCUT2D eigenvalue weighted by Crippen LogP contribution is -2.33. The predicted octanol–water partition coefficient (Wildman–Crippen LogP) is 1.90. The second kappa shape index (κ2) is 12.5. The summed E-state index contributed by atoms with van der Waals surface area (Å²) in [6.07, 6.45) is 6.70. The lowest BCUT2D eigenvalue weighted by molar-refractivity contribution is -0.121. The molecule has 19 heavy (non-hydrogen) atoms. The van der Waals surface area contributed by atoms with Crippen LogP contribution in [-0.2, 0) is 9.53 Å². The average molecular weight is 291 g/mol. The number of hydrogen-bond donors (Lipinski definition) is 2. The third-order valence-corrected chi connectivity index (χ3v) is 3.20. The zero-order valence-corrected chi connectivity index (χ0v) is 12.5. The van der Waals surface area contributed by atoms with Crippen molar-refractivity contribution >= 4 is 18.3 Å². The number of carbonyl (C=O) groups excluding carboxylic acids is 1. The molecule has 1 unspecified atom stereocenters. The summed E-state index contributed by atoms with van der Waals surface area (Å²) >= 11 is 0. The van der Waals surface area contributed by atoms with Gasteiger partial charge in [-0.25, -0.2) is 0 Å². The highest BCUT2D eigenvalue weighted by molar-refractivity contribution is 5.85. The molecule has 0 spiro atoms. The van der Waals surface area contributed by atoms with Crippen LogP contribution >= 0.6 is 12.4 Å². The fourth-order valence-corrected chi connectivity index (χ4v) is 2.18. The van der Waals surface area contributed by atoms with Gasteiger partial charge < -0.3 is 15.4 Å². The third kappa shape index (κ3) is 9.93. The molecule has 1 fully saturated rings. The molecule has 0 saturated carbocycles. The first-order chi connectivity index (χ1) is 8.83. The zero-order valence-electron chi connectivity index (χ0n) is 11.7. The Morgan fingerprint density at radius 3 is 3.05 bits per heavy atom. The van der Waals surface area contributed by atoms with Gasteiger partial charge in [-0.05, 0) is 44.7 Å². The first-order valence-electron chi connectivity index (χ1n) is 6.99. The molecule has 0 aromatic rings. The quantitative estimate of drug-likeness (QED) is 0.504. The van der Waals surface area contributed by atoms with Gasteiger partial charge in [0, 0.05) is 19.6 Å². The molecule has 1 heterocycles. The van der Waals surface area contributed by atoms with Crippen LogP contribution in [0.4, 0.5) is 0 Å². The van der Waals surface area contributed by atoms with E-state index in [1.165, 1.54) is 12.8 Å². The molecule has 1 amide bonds. The van der Waals surface area contributed by atoms with Gasteiger partial charge in [0.05, 0.1) is 6.61 Å². The SMILES string of the molecule is C=CCOCCCC(=O)NCCC1CCCNC1.Cl. The predicted molar refractivity (Wildman–Crippen MR) is 80.7 cm³/mol. The van der Waals surface area contributed by atoms with Gasteiger partial charge in [-0.2, -0.15) is 0 Å². The van der Waals surface area contributed by atoms with Gasteiger partial charge in [-0.1, -0.05) is 6.08 Å². The van der Waals surface area contributed by atoms with E-state index in [-0.39, 0.29) is 18.3 Å². The van der Waals surface area contributed by atoms with E-state index < -0.39 is 0 Å². The van der Waals surface area contributed by atoms with E-state index in [0.717, 1.165) is 38.4 Å². The Labute approximate surface area is 122 Å². The summed E-state index contributed by atoms with van der Waals surface area (Å²) in [7, 11) is 0. The van der Waals surface area contributed by atoms with Crippen LogP contribution in [0.25, 0.3) is 0 Å². The summed E-state index contributed by atoms with van der Waals surface area (Å²) in [6, 6.07) is 0. The molecule has 1 atom stereocenters. The summed E-state index contributed by atoms with van der Waals surface area (Å²) in [4.78, 5) is 11.5. The maximum atomic E-state index is 11.5. The van der Waals surface area contributed by atoms with Gasteiger partial charge in [-0.15, -0.1) is 19.0 Å². The van der Waals surface area contributed by atoms with Gasteiger partial charge in [0.15, 0.2) is 0 Å². The molecule has 0 aliphatic carbocycles. The van der Waals surface area contributed by atoms with Crippen LogP contribution in [0, 0.1) is 5.92 Å². The van der Waals surface area contributed by atoms with Crippen molar-refractivity contribution < 1.29 is 9.53 Å². The monoisotopic (exact) mass is 290 g/mol. The van der Waals surface area contributed by atoms with E-state index in [4.69, 9.17) is 4.74 Å². The van der Waals surface area contributed by atoms with E-state index >= 15 is 0 Å². The largest absolute Gasteiger partial charge is 0.377 e. The molecular weight excluding hydrogens is 264 g/mol. The van der Waals surface area contributed by atoms with E-state index in [0.29, 0.717) is 19.6 Å². The Bertz CT molecular complexity index is 244. The normalized spacial score (nSPS) is 18.4. The molecule has 4 nitrogen and oxygen atoms in total. The topological polar surface area (TPSA) is 50.4 Å². The number of ether oxygens (including phenoxy) is 1. The number of piperidine rings is 1. The highest BCUT2D eigenvalue weighted by atomic mass is 35.5. The number of amides is 1. The van der Waals surface area contributed by atoms with Crippen molar-refractivity contribution in [2.75, 3.05) is 32.8 Å². The van der Waals surface area contributed by atoms with Crippen LogP contribution < -0.4 is 10.6 Å². The Hall–Kier alpha value is -0.580. The van der Waals surface area contributed by atoms with Crippen LogP contribution in [0.1, 0.15) is 32.1 Å². The molecule has 0 bridgehead atoms. The van der Waals surface area contributed by atoms with Crippen LogP contribution in [0.3, 0.4) is 0 Å². The second-order valence-corrected chi connectivity index (χ2v) is 4.82. The standard InChI is InChI=1S/C14H26N2O2.ClH/c1-2-10-18-11-4-6-14(17)16-9-7-13-5-3-8-15-12-13;/h2,13,15H,1,3-12H2,(H,16,17);1H. The number of nitrogens with one attached hydrogen (secondary N) is 2. The van der Waals surface area contributed by atoms with E-state index in [1.807, 2.05) is 0 Å². The minimum absolute atomic E-state index is 0. The van der Waals surface area contributed by atoms with Gasteiger partial charge in [0.1, 0.15) is 0 Å². The Kier molecular flexibility index (Phi) is 12.1.